The molecule has 0 saturated heterocycles. The summed E-state index contributed by atoms with van der Waals surface area (Å²) < 4.78 is 0. The Labute approximate surface area is 70.0 Å². The van der Waals surface area contributed by atoms with Gasteiger partial charge in [0.25, 0.3) is 0 Å². The van der Waals surface area contributed by atoms with Crippen LogP contribution in [0.3, 0.4) is 0 Å². The molecular formula is C9H21NO. The van der Waals surface area contributed by atoms with Crippen LogP contribution in [0.4, 0.5) is 0 Å². The molecule has 0 saturated carbocycles. The van der Waals surface area contributed by atoms with Crippen LogP contribution in [0.2, 0.25) is 0 Å². The van der Waals surface area contributed by atoms with Crippen LogP contribution in [-0.2, 0) is 0 Å². The van der Waals surface area contributed by atoms with Gasteiger partial charge < -0.3 is 10.4 Å². The molecule has 0 spiro atoms. The summed E-state index contributed by atoms with van der Waals surface area (Å²) >= 11 is 0. The lowest BCUT2D eigenvalue weighted by atomic mass is 10.1. The monoisotopic (exact) mass is 159 g/mol. The summed E-state index contributed by atoms with van der Waals surface area (Å²) in [7, 11) is 0. The lowest BCUT2D eigenvalue weighted by Gasteiger charge is -2.07. The van der Waals surface area contributed by atoms with Crippen molar-refractivity contribution in [2.45, 2.75) is 39.7 Å². The zero-order valence-corrected chi connectivity index (χ0v) is 7.93. The fourth-order valence-corrected chi connectivity index (χ4v) is 0.946. The molecule has 0 aliphatic carbocycles. The third-order valence-corrected chi connectivity index (χ3v) is 1.57. The molecule has 0 unspecified atom stereocenters. The average molecular weight is 159 g/mol. The first-order valence-corrected chi connectivity index (χ1v) is 4.51. The van der Waals surface area contributed by atoms with Gasteiger partial charge in [-0.3, -0.25) is 0 Å². The van der Waals surface area contributed by atoms with Crippen LogP contribution in [0.15, 0.2) is 0 Å². The minimum Gasteiger partial charge on any atom is -0.392 e. The molecule has 0 aliphatic heterocycles. The summed E-state index contributed by atoms with van der Waals surface area (Å²) in [6.07, 6.45) is 2.27. The Morgan fingerprint density at radius 1 is 1.27 bits per heavy atom. The van der Waals surface area contributed by atoms with Gasteiger partial charge in [0.15, 0.2) is 0 Å². The van der Waals surface area contributed by atoms with Gasteiger partial charge in [-0.15, -0.1) is 0 Å². The third kappa shape index (κ3) is 9.92. The molecule has 0 heterocycles. The van der Waals surface area contributed by atoms with Crippen LogP contribution in [-0.4, -0.2) is 24.3 Å². The van der Waals surface area contributed by atoms with Crippen molar-refractivity contribution in [1.29, 1.82) is 0 Å². The zero-order valence-electron chi connectivity index (χ0n) is 7.93. The Morgan fingerprint density at radius 3 is 2.36 bits per heavy atom. The van der Waals surface area contributed by atoms with Gasteiger partial charge in [-0.2, -0.15) is 0 Å². The van der Waals surface area contributed by atoms with E-state index >= 15 is 0 Å². The van der Waals surface area contributed by atoms with E-state index in [-0.39, 0.29) is 6.10 Å². The van der Waals surface area contributed by atoms with Crippen molar-refractivity contribution in [3.05, 3.63) is 0 Å². The van der Waals surface area contributed by atoms with Crippen molar-refractivity contribution in [2.24, 2.45) is 5.92 Å². The van der Waals surface area contributed by atoms with E-state index in [9.17, 15) is 0 Å². The lowest BCUT2D eigenvalue weighted by Crippen LogP contribution is -2.25. The first kappa shape index (κ1) is 10.9. The summed E-state index contributed by atoms with van der Waals surface area (Å²) in [6.45, 7) is 8.01. The molecular weight excluding hydrogens is 138 g/mol. The van der Waals surface area contributed by atoms with Crippen LogP contribution >= 0.6 is 0 Å². The average Bonchev–Trinajstić information content (AvgIpc) is 1.85. The fraction of sp³-hybridized carbons (Fsp3) is 1.00. The van der Waals surface area contributed by atoms with Gasteiger partial charge in [-0.25, -0.2) is 0 Å². The zero-order chi connectivity index (χ0) is 8.69. The molecule has 2 nitrogen and oxygen atoms in total. The van der Waals surface area contributed by atoms with Crippen molar-refractivity contribution >= 4 is 0 Å². The van der Waals surface area contributed by atoms with Gasteiger partial charge in [0.05, 0.1) is 6.10 Å². The summed E-state index contributed by atoms with van der Waals surface area (Å²) in [5, 5.41) is 12.1. The van der Waals surface area contributed by atoms with Crippen LogP contribution in [0.5, 0.6) is 0 Å². The molecule has 0 aliphatic rings. The summed E-state index contributed by atoms with van der Waals surface area (Å²) in [5.74, 6) is 0.795. The van der Waals surface area contributed by atoms with E-state index in [1.807, 2.05) is 0 Å². The standard InChI is InChI=1S/C9H21NO/c1-8(2)5-4-6-10-7-9(3)11/h8-11H,4-7H2,1-3H3/t9-/m0/s1. The largest absolute Gasteiger partial charge is 0.392 e. The molecule has 0 amide bonds. The van der Waals surface area contributed by atoms with E-state index in [0.29, 0.717) is 0 Å². The fourth-order valence-electron chi connectivity index (χ4n) is 0.946. The minimum atomic E-state index is -0.214. The Bertz CT molecular complexity index is 71.6. The minimum absolute atomic E-state index is 0.214. The van der Waals surface area contributed by atoms with Crippen molar-refractivity contribution in [1.82, 2.24) is 5.32 Å². The highest BCUT2D eigenvalue weighted by molar-refractivity contribution is 4.54. The topological polar surface area (TPSA) is 32.3 Å². The van der Waals surface area contributed by atoms with E-state index < -0.39 is 0 Å². The molecule has 1 atom stereocenters. The predicted octanol–water partition coefficient (Wildman–Crippen LogP) is 1.39. The predicted molar refractivity (Wildman–Crippen MR) is 48.6 cm³/mol. The number of aliphatic hydroxyl groups is 1. The first-order chi connectivity index (χ1) is 5.13. The van der Waals surface area contributed by atoms with Crippen LogP contribution in [0, 0.1) is 5.92 Å². The van der Waals surface area contributed by atoms with Crippen molar-refractivity contribution in [3.8, 4) is 0 Å². The molecule has 2 heteroatoms. The second kappa shape index (κ2) is 6.62. The highest BCUT2D eigenvalue weighted by atomic mass is 16.3. The third-order valence-electron chi connectivity index (χ3n) is 1.57. The first-order valence-electron chi connectivity index (χ1n) is 4.51. The number of nitrogens with one attached hydrogen (secondary N) is 1. The van der Waals surface area contributed by atoms with Gasteiger partial charge in [-0.1, -0.05) is 13.8 Å². The second-order valence-electron chi connectivity index (χ2n) is 3.59. The highest BCUT2D eigenvalue weighted by Gasteiger charge is 1.95. The van der Waals surface area contributed by atoms with Crippen LogP contribution in [0.1, 0.15) is 33.6 Å². The molecule has 0 radical (unpaired) electrons. The van der Waals surface area contributed by atoms with Gasteiger partial charge in [-0.05, 0) is 32.2 Å². The second-order valence-corrected chi connectivity index (χ2v) is 3.59. The molecule has 2 N–H and O–H groups in total. The maximum Gasteiger partial charge on any atom is 0.0636 e. The number of aliphatic hydroxyl groups excluding tert-OH is 1. The molecule has 0 rings (SSSR count). The molecule has 0 aromatic heterocycles. The molecule has 0 aromatic carbocycles. The van der Waals surface area contributed by atoms with Crippen LogP contribution in [0.25, 0.3) is 0 Å². The SMILES string of the molecule is CC(C)CCCNC[C@H](C)O. The normalized spacial score (nSPS) is 13.9. The van der Waals surface area contributed by atoms with Crippen molar-refractivity contribution in [2.75, 3.05) is 13.1 Å². The van der Waals surface area contributed by atoms with Gasteiger partial charge >= 0.3 is 0 Å². The Balaban J connectivity index is 2.91. The lowest BCUT2D eigenvalue weighted by molar-refractivity contribution is 0.191. The van der Waals surface area contributed by atoms with Crippen molar-refractivity contribution < 1.29 is 5.11 Å². The van der Waals surface area contributed by atoms with Crippen molar-refractivity contribution in [3.63, 3.8) is 0 Å². The van der Waals surface area contributed by atoms with E-state index in [2.05, 4.69) is 19.2 Å². The Kier molecular flexibility index (Phi) is 6.57. The maximum atomic E-state index is 8.90. The van der Waals surface area contributed by atoms with Crippen LogP contribution < -0.4 is 5.32 Å². The Morgan fingerprint density at radius 2 is 1.91 bits per heavy atom. The van der Waals surface area contributed by atoms with E-state index in [1.165, 1.54) is 12.8 Å². The molecule has 0 fully saturated rings. The molecule has 0 aromatic rings. The number of hydrogen-bond acceptors (Lipinski definition) is 2. The van der Waals surface area contributed by atoms with Gasteiger partial charge in [0, 0.05) is 6.54 Å². The molecule has 68 valence electrons. The van der Waals surface area contributed by atoms with E-state index in [0.717, 1.165) is 19.0 Å². The summed E-state index contributed by atoms with van der Waals surface area (Å²) in [5.41, 5.74) is 0. The van der Waals surface area contributed by atoms with E-state index in [4.69, 9.17) is 5.11 Å². The molecule has 0 bridgehead atoms. The quantitative estimate of drug-likeness (QED) is 0.574. The maximum absolute atomic E-state index is 8.90. The summed E-state index contributed by atoms with van der Waals surface area (Å²) in [4.78, 5) is 0. The number of hydrogen-bond donors (Lipinski definition) is 2. The number of rotatable bonds is 6. The van der Waals surface area contributed by atoms with Gasteiger partial charge in [0.2, 0.25) is 0 Å². The van der Waals surface area contributed by atoms with Gasteiger partial charge in [0.1, 0.15) is 0 Å². The Hall–Kier alpha value is -0.0800. The smallest absolute Gasteiger partial charge is 0.0636 e. The molecule has 11 heavy (non-hydrogen) atoms. The van der Waals surface area contributed by atoms with E-state index in [1.54, 1.807) is 6.92 Å². The highest BCUT2D eigenvalue weighted by Crippen LogP contribution is 2.01. The summed E-state index contributed by atoms with van der Waals surface area (Å²) in [6, 6.07) is 0.